The number of aromatic nitrogens is 3. The summed E-state index contributed by atoms with van der Waals surface area (Å²) in [6.07, 6.45) is 2.73. The van der Waals surface area contributed by atoms with Crippen LogP contribution in [0.15, 0.2) is 66.3 Å². The molecule has 1 aliphatic heterocycles. The topological polar surface area (TPSA) is 51.0 Å². The summed E-state index contributed by atoms with van der Waals surface area (Å²) in [6.45, 7) is 8.61. The molecule has 0 fully saturated rings. The summed E-state index contributed by atoms with van der Waals surface area (Å²) >= 11 is 1.43. The summed E-state index contributed by atoms with van der Waals surface area (Å²) in [5.41, 5.74) is 4.44. The van der Waals surface area contributed by atoms with E-state index in [9.17, 15) is 4.79 Å². The van der Waals surface area contributed by atoms with Crippen LogP contribution in [0.2, 0.25) is 0 Å². The molecule has 0 aliphatic carbocycles. The van der Waals surface area contributed by atoms with Crippen molar-refractivity contribution < 1.29 is 4.79 Å². The van der Waals surface area contributed by atoms with Crippen molar-refractivity contribution in [3.8, 4) is 11.4 Å². The number of nitrogens with zero attached hydrogens (tertiary/aromatic N) is 4. The maximum atomic E-state index is 13.0. The van der Waals surface area contributed by atoms with Gasteiger partial charge in [0.1, 0.15) is 0 Å². The quantitative estimate of drug-likeness (QED) is 0.448. The second-order valence-electron chi connectivity index (χ2n) is 7.31. The second kappa shape index (κ2) is 8.25. The second-order valence-corrected chi connectivity index (χ2v) is 8.25. The minimum Gasteiger partial charge on any atom is -0.308 e. The molecule has 0 N–H and O–H groups in total. The molecule has 1 aromatic heterocycles. The number of carbonyl (C=O) groups excluding carboxylic acids is 1. The Kier molecular flexibility index (Phi) is 5.53. The van der Waals surface area contributed by atoms with Crippen molar-refractivity contribution in [1.82, 2.24) is 14.8 Å². The predicted molar refractivity (Wildman–Crippen MR) is 118 cm³/mol. The van der Waals surface area contributed by atoms with Crippen molar-refractivity contribution in [1.29, 1.82) is 0 Å². The normalized spacial score (nSPS) is 15.4. The molecular weight excluding hydrogens is 380 g/mol. The Labute approximate surface area is 175 Å². The van der Waals surface area contributed by atoms with Crippen LogP contribution in [-0.4, -0.2) is 32.5 Å². The number of para-hydroxylation sites is 1. The Bertz CT molecular complexity index is 1060. The van der Waals surface area contributed by atoms with Gasteiger partial charge in [0.15, 0.2) is 11.0 Å². The standard InChI is InChI=1S/C23H24N4OS/c1-4-12-26-22(19-10-7-8-16(2)13-19)24-25-23(26)29-15-21(28)27-17(3)14-18-9-5-6-11-20(18)27/h4-11,13,17H,1,12,14-15H2,2-3H3. The van der Waals surface area contributed by atoms with Gasteiger partial charge in [-0.05, 0) is 38.0 Å². The molecule has 4 rings (SSSR count). The van der Waals surface area contributed by atoms with Crippen molar-refractivity contribution in [2.75, 3.05) is 10.7 Å². The molecule has 2 aromatic carbocycles. The van der Waals surface area contributed by atoms with E-state index in [0.29, 0.717) is 12.3 Å². The van der Waals surface area contributed by atoms with Crippen LogP contribution < -0.4 is 4.90 Å². The summed E-state index contributed by atoms with van der Waals surface area (Å²) < 4.78 is 2.01. The SMILES string of the molecule is C=CCn1c(SCC(=O)N2c3ccccc3CC2C)nnc1-c1cccc(C)c1. The molecule has 0 saturated carbocycles. The maximum absolute atomic E-state index is 13.0. The predicted octanol–water partition coefficient (Wildman–Crippen LogP) is 4.51. The molecule has 0 saturated heterocycles. The lowest BCUT2D eigenvalue weighted by atomic mass is 10.1. The highest BCUT2D eigenvalue weighted by Crippen LogP contribution is 2.33. The zero-order chi connectivity index (χ0) is 20.4. The molecule has 5 nitrogen and oxygen atoms in total. The molecule has 1 aliphatic rings. The van der Waals surface area contributed by atoms with Crippen molar-refractivity contribution in [3.63, 3.8) is 0 Å². The van der Waals surface area contributed by atoms with Crippen molar-refractivity contribution in [2.24, 2.45) is 0 Å². The van der Waals surface area contributed by atoms with E-state index in [1.165, 1.54) is 22.9 Å². The van der Waals surface area contributed by atoms with Crippen LogP contribution in [0.1, 0.15) is 18.1 Å². The number of fused-ring (bicyclic) bond motifs is 1. The van der Waals surface area contributed by atoms with Gasteiger partial charge in [-0.3, -0.25) is 9.36 Å². The van der Waals surface area contributed by atoms with Crippen LogP contribution in [0.25, 0.3) is 11.4 Å². The summed E-state index contributed by atoms with van der Waals surface area (Å²) in [6, 6.07) is 16.5. The lowest BCUT2D eigenvalue weighted by Gasteiger charge is -2.22. The molecule has 0 bridgehead atoms. The van der Waals surface area contributed by atoms with Gasteiger partial charge >= 0.3 is 0 Å². The van der Waals surface area contributed by atoms with Gasteiger partial charge in [-0.25, -0.2) is 0 Å². The minimum atomic E-state index is 0.0951. The van der Waals surface area contributed by atoms with E-state index in [-0.39, 0.29) is 11.9 Å². The van der Waals surface area contributed by atoms with Crippen molar-refractivity contribution in [3.05, 3.63) is 72.3 Å². The highest BCUT2D eigenvalue weighted by atomic mass is 32.2. The number of hydrogen-bond donors (Lipinski definition) is 0. The lowest BCUT2D eigenvalue weighted by Crippen LogP contribution is -2.37. The number of amides is 1. The van der Waals surface area contributed by atoms with Crippen LogP contribution in [0.4, 0.5) is 5.69 Å². The number of aryl methyl sites for hydroxylation is 1. The van der Waals surface area contributed by atoms with Crippen LogP contribution in [0, 0.1) is 6.92 Å². The van der Waals surface area contributed by atoms with Crippen LogP contribution in [0.5, 0.6) is 0 Å². The number of carbonyl (C=O) groups is 1. The number of benzene rings is 2. The summed E-state index contributed by atoms with van der Waals surface area (Å²) in [7, 11) is 0. The van der Waals surface area contributed by atoms with E-state index in [4.69, 9.17) is 0 Å². The van der Waals surface area contributed by atoms with Crippen LogP contribution in [-0.2, 0) is 17.8 Å². The summed E-state index contributed by atoms with van der Waals surface area (Å²) in [4.78, 5) is 14.9. The number of hydrogen-bond acceptors (Lipinski definition) is 4. The molecule has 1 atom stereocenters. The first kappa shape index (κ1) is 19.5. The van der Waals surface area contributed by atoms with Gasteiger partial charge in [-0.1, -0.05) is 59.8 Å². The molecule has 0 spiro atoms. The van der Waals surface area contributed by atoms with Crippen molar-refractivity contribution in [2.45, 2.75) is 38.0 Å². The summed E-state index contributed by atoms with van der Waals surface area (Å²) in [5, 5.41) is 9.48. The van der Waals surface area contributed by atoms with E-state index in [1.807, 2.05) is 45.9 Å². The fraction of sp³-hybridized carbons (Fsp3) is 0.261. The van der Waals surface area contributed by atoms with Gasteiger partial charge < -0.3 is 4.90 Å². The van der Waals surface area contributed by atoms with Gasteiger partial charge in [-0.15, -0.1) is 16.8 Å². The number of anilines is 1. The monoisotopic (exact) mass is 404 g/mol. The fourth-order valence-corrected chi connectivity index (χ4v) is 4.64. The highest BCUT2D eigenvalue weighted by Gasteiger charge is 2.30. The Balaban J connectivity index is 1.54. The first-order chi connectivity index (χ1) is 14.1. The third-order valence-electron chi connectivity index (χ3n) is 5.11. The summed E-state index contributed by atoms with van der Waals surface area (Å²) in [5.74, 6) is 1.21. The molecule has 1 amide bonds. The maximum Gasteiger partial charge on any atom is 0.237 e. The van der Waals surface area contributed by atoms with Crippen LogP contribution in [0.3, 0.4) is 0 Å². The average Bonchev–Trinajstić information content (AvgIpc) is 3.26. The van der Waals surface area contributed by atoms with Gasteiger partial charge in [-0.2, -0.15) is 0 Å². The first-order valence-electron chi connectivity index (χ1n) is 9.72. The largest absolute Gasteiger partial charge is 0.308 e. The van der Waals surface area contributed by atoms with E-state index in [2.05, 4.69) is 48.8 Å². The third kappa shape index (κ3) is 3.85. The zero-order valence-corrected chi connectivity index (χ0v) is 17.5. The Morgan fingerprint density at radius 3 is 2.86 bits per heavy atom. The lowest BCUT2D eigenvalue weighted by molar-refractivity contribution is -0.116. The zero-order valence-electron chi connectivity index (χ0n) is 16.7. The van der Waals surface area contributed by atoms with E-state index in [1.54, 1.807) is 0 Å². The molecule has 3 aromatic rings. The average molecular weight is 405 g/mol. The Morgan fingerprint density at radius 2 is 2.07 bits per heavy atom. The molecule has 2 heterocycles. The Morgan fingerprint density at radius 1 is 1.24 bits per heavy atom. The van der Waals surface area contributed by atoms with Crippen LogP contribution >= 0.6 is 11.8 Å². The van der Waals surface area contributed by atoms with Gasteiger partial charge in [0.25, 0.3) is 0 Å². The van der Waals surface area contributed by atoms with E-state index >= 15 is 0 Å². The number of allylic oxidation sites excluding steroid dienone is 1. The van der Waals surface area contributed by atoms with Gasteiger partial charge in [0, 0.05) is 23.8 Å². The number of thioether (sulfide) groups is 1. The molecule has 29 heavy (non-hydrogen) atoms. The Hall–Kier alpha value is -2.86. The number of rotatable bonds is 6. The first-order valence-corrected chi connectivity index (χ1v) is 10.7. The highest BCUT2D eigenvalue weighted by molar-refractivity contribution is 7.99. The molecule has 6 heteroatoms. The van der Waals surface area contributed by atoms with Gasteiger partial charge in [0.05, 0.1) is 5.75 Å². The molecular formula is C23H24N4OS. The van der Waals surface area contributed by atoms with E-state index in [0.717, 1.165) is 28.7 Å². The van der Waals surface area contributed by atoms with Gasteiger partial charge in [0.2, 0.25) is 5.91 Å². The molecule has 148 valence electrons. The smallest absolute Gasteiger partial charge is 0.237 e. The fourth-order valence-electron chi connectivity index (χ4n) is 3.83. The van der Waals surface area contributed by atoms with Crippen molar-refractivity contribution >= 4 is 23.4 Å². The third-order valence-corrected chi connectivity index (χ3v) is 6.06. The molecule has 0 radical (unpaired) electrons. The molecule has 1 unspecified atom stereocenters. The van der Waals surface area contributed by atoms with E-state index < -0.39 is 0 Å². The minimum absolute atomic E-state index is 0.0951.